The summed E-state index contributed by atoms with van der Waals surface area (Å²) in [5.41, 5.74) is 0.472. The highest BCUT2D eigenvalue weighted by Crippen LogP contribution is 2.54. The van der Waals surface area contributed by atoms with Crippen molar-refractivity contribution in [2.24, 2.45) is 5.92 Å². The summed E-state index contributed by atoms with van der Waals surface area (Å²) in [5, 5.41) is 3.62. The predicted molar refractivity (Wildman–Crippen MR) is 97.0 cm³/mol. The molecule has 1 aliphatic carbocycles. The van der Waals surface area contributed by atoms with Crippen molar-refractivity contribution in [1.29, 1.82) is 0 Å². The van der Waals surface area contributed by atoms with Gasteiger partial charge in [0.15, 0.2) is 0 Å². The van der Waals surface area contributed by atoms with Gasteiger partial charge in [-0.3, -0.25) is 9.59 Å². The summed E-state index contributed by atoms with van der Waals surface area (Å²) in [5.74, 6) is -0.835. The Bertz CT molecular complexity index is 680. The molecule has 1 heterocycles. The Kier molecular flexibility index (Phi) is 5.22. The molecule has 1 aromatic carbocycles. The smallest absolute Gasteiger partial charge is 0.247 e. The number of benzene rings is 1. The van der Waals surface area contributed by atoms with Gasteiger partial charge in [-0.25, -0.2) is 0 Å². The normalized spacial score (nSPS) is 25.2. The third-order valence-corrected chi connectivity index (χ3v) is 5.78. The summed E-state index contributed by atoms with van der Waals surface area (Å²) in [6, 6.07) is 4.30. The van der Waals surface area contributed by atoms with E-state index in [0.717, 1.165) is 12.8 Å². The van der Waals surface area contributed by atoms with Crippen LogP contribution in [0.3, 0.4) is 0 Å². The van der Waals surface area contributed by atoms with Crippen LogP contribution in [0.5, 0.6) is 0 Å². The van der Waals surface area contributed by atoms with Crippen LogP contribution in [0.25, 0.3) is 0 Å². The average molecular weight is 410 g/mol. The number of hydrogen-bond donors (Lipinski definition) is 1. The van der Waals surface area contributed by atoms with Gasteiger partial charge in [0, 0.05) is 11.6 Å². The lowest BCUT2D eigenvalue weighted by molar-refractivity contribution is -0.141. The van der Waals surface area contributed by atoms with E-state index in [9.17, 15) is 9.59 Å². The van der Waals surface area contributed by atoms with Gasteiger partial charge in [-0.1, -0.05) is 23.2 Å². The third-order valence-electron chi connectivity index (χ3n) is 4.40. The number of carbonyl (C=O) groups excluding carboxylic acids is 2. The van der Waals surface area contributed by atoms with E-state index in [4.69, 9.17) is 46.4 Å². The lowest BCUT2D eigenvalue weighted by Gasteiger charge is -2.35. The van der Waals surface area contributed by atoms with Gasteiger partial charge in [0.1, 0.15) is 10.4 Å². The van der Waals surface area contributed by atoms with Crippen LogP contribution in [-0.4, -0.2) is 33.6 Å². The Labute approximate surface area is 160 Å². The standard InChI is InChI=1S/C16H16Cl4N2O2/c17-9-4-5-12(11(18)7-9)21-14(23)13-3-1-2-6-22(13)15(24)10-8-16(10,19)20/h4-5,7,10,13H,1-3,6,8H2,(H,21,23). The highest BCUT2D eigenvalue weighted by atomic mass is 35.5. The second kappa shape index (κ2) is 6.91. The van der Waals surface area contributed by atoms with E-state index in [0.29, 0.717) is 35.1 Å². The summed E-state index contributed by atoms with van der Waals surface area (Å²) >= 11 is 24.0. The number of halogens is 4. The third kappa shape index (κ3) is 3.77. The molecule has 0 spiro atoms. The second-order valence-electron chi connectivity index (χ2n) is 6.17. The molecule has 2 atom stereocenters. The molecule has 0 bridgehead atoms. The number of carbonyl (C=O) groups is 2. The molecule has 1 N–H and O–H groups in total. The molecule has 3 rings (SSSR count). The number of piperidine rings is 1. The number of alkyl halides is 2. The van der Waals surface area contributed by atoms with E-state index in [1.54, 1.807) is 23.1 Å². The number of anilines is 1. The molecule has 24 heavy (non-hydrogen) atoms. The van der Waals surface area contributed by atoms with Crippen LogP contribution >= 0.6 is 46.4 Å². The minimum atomic E-state index is -0.991. The first-order valence-corrected chi connectivity index (χ1v) is 9.25. The Morgan fingerprint density at radius 2 is 1.92 bits per heavy atom. The van der Waals surface area contributed by atoms with Crippen molar-refractivity contribution >= 4 is 63.9 Å². The van der Waals surface area contributed by atoms with Crippen LogP contribution in [0, 0.1) is 5.92 Å². The minimum absolute atomic E-state index is 0.151. The molecular weight excluding hydrogens is 394 g/mol. The van der Waals surface area contributed by atoms with E-state index in [2.05, 4.69) is 5.32 Å². The van der Waals surface area contributed by atoms with Crippen molar-refractivity contribution in [1.82, 2.24) is 4.90 Å². The number of rotatable bonds is 3. The molecule has 1 saturated heterocycles. The van der Waals surface area contributed by atoms with Crippen molar-refractivity contribution in [3.8, 4) is 0 Å². The van der Waals surface area contributed by atoms with Crippen molar-refractivity contribution in [3.05, 3.63) is 28.2 Å². The van der Waals surface area contributed by atoms with Crippen molar-refractivity contribution in [3.63, 3.8) is 0 Å². The fraction of sp³-hybridized carbons (Fsp3) is 0.500. The van der Waals surface area contributed by atoms with Crippen LogP contribution in [0.15, 0.2) is 18.2 Å². The van der Waals surface area contributed by atoms with Gasteiger partial charge >= 0.3 is 0 Å². The minimum Gasteiger partial charge on any atom is -0.330 e. The fourth-order valence-electron chi connectivity index (χ4n) is 2.96. The predicted octanol–water partition coefficient (Wildman–Crippen LogP) is 4.51. The molecule has 1 aliphatic heterocycles. The maximum atomic E-state index is 12.7. The molecular formula is C16H16Cl4N2O2. The lowest BCUT2D eigenvalue weighted by atomic mass is 10.0. The van der Waals surface area contributed by atoms with Gasteiger partial charge in [0.25, 0.3) is 0 Å². The molecule has 0 radical (unpaired) electrons. The molecule has 2 aliphatic rings. The fourth-order valence-corrected chi connectivity index (χ4v) is 3.91. The summed E-state index contributed by atoms with van der Waals surface area (Å²) in [6.45, 7) is 0.533. The average Bonchev–Trinajstić information content (AvgIpc) is 3.18. The van der Waals surface area contributed by atoms with Gasteiger partial charge in [-0.05, 0) is 43.9 Å². The molecule has 1 aromatic rings. The first kappa shape index (κ1) is 18.1. The second-order valence-corrected chi connectivity index (χ2v) is 8.56. The van der Waals surface area contributed by atoms with Crippen LogP contribution < -0.4 is 5.32 Å². The molecule has 2 amide bonds. The molecule has 2 fully saturated rings. The Hall–Kier alpha value is -0.680. The summed E-state index contributed by atoms with van der Waals surface area (Å²) in [7, 11) is 0. The number of nitrogens with one attached hydrogen (secondary N) is 1. The molecule has 0 aromatic heterocycles. The zero-order valence-corrected chi connectivity index (χ0v) is 15.7. The SMILES string of the molecule is O=C(Nc1ccc(Cl)cc1Cl)C1CCCCN1C(=O)C1CC1(Cl)Cl. The van der Waals surface area contributed by atoms with Crippen molar-refractivity contribution < 1.29 is 9.59 Å². The summed E-state index contributed by atoms with van der Waals surface area (Å²) in [4.78, 5) is 26.8. The van der Waals surface area contributed by atoms with E-state index in [1.165, 1.54) is 0 Å². The first-order chi connectivity index (χ1) is 11.3. The largest absolute Gasteiger partial charge is 0.330 e. The molecule has 130 valence electrons. The summed E-state index contributed by atoms with van der Waals surface area (Å²) in [6.07, 6.45) is 2.78. The zero-order valence-electron chi connectivity index (χ0n) is 12.7. The molecule has 2 unspecified atom stereocenters. The van der Waals surface area contributed by atoms with E-state index in [1.807, 2.05) is 0 Å². The van der Waals surface area contributed by atoms with Gasteiger partial charge in [-0.2, -0.15) is 0 Å². The van der Waals surface area contributed by atoms with Gasteiger partial charge in [0.2, 0.25) is 11.8 Å². The number of amides is 2. The van der Waals surface area contributed by atoms with Gasteiger partial charge in [0.05, 0.1) is 16.6 Å². The maximum Gasteiger partial charge on any atom is 0.247 e. The zero-order chi connectivity index (χ0) is 17.5. The molecule has 1 saturated carbocycles. The maximum absolute atomic E-state index is 12.7. The first-order valence-electron chi connectivity index (χ1n) is 7.74. The van der Waals surface area contributed by atoms with E-state index in [-0.39, 0.29) is 11.8 Å². The molecule has 4 nitrogen and oxygen atoms in total. The van der Waals surface area contributed by atoms with Crippen molar-refractivity contribution in [2.75, 3.05) is 11.9 Å². The Balaban J connectivity index is 1.73. The van der Waals surface area contributed by atoms with E-state index < -0.39 is 16.3 Å². The van der Waals surface area contributed by atoms with Crippen LogP contribution in [0.2, 0.25) is 10.0 Å². The number of hydrogen-bond acceptors (Lipinski definition) is 2. The monoisotopic (exact) mass is 408 g/mol. The topological polar surface area (TPSA) is 49.4 Å². The summed E-state index contributed by atoms with van der Waals surface area (Å²) < 4.78 is -0.991. The number of nitrogens with zero attached hydrogens (tertiary/aromatic N) is 1. The van der Waals surface area contributed by atoms with E-state index >= 15 is 0 Å². The lowest BCUT2D eigenvalue weighted by Crippen LogP contribution is -2.51. The van der Waals surface area contributed by atoms with Gasteiger partial charge < -0.3 is 10.2 Å². The quantitative estimate of drug-likeness (QED) is 0.746. The number of likely N-dealkylation sites (tertiary alicyclic amines) is 1. The Morgan fingerprint density at radius 3 is 2.54 bits per heavy atom. The van der Waals surface area contributed by atoms with Crippen LogP contribution in [0.4, 0.5) is 5.69 Å². The van der Waals surface area contributed by atoms with Gasteiger partial charge in [-0.15, -0.1) is 23.2 Å². The highest BCUT2D eigenvalue weighted by molar-refractivity contribution is 6.52. The molecule has 8 heteroatoms. The van der Waals surface area contributed by atoms with Crippen LogP contribution in [0.1, 0.15) is 25.7 Å². The highest BCUT2D eigenvalue weighted by Gasteiger charge is 2.58. The Morgan fingerprint density at radius 1 is 1.21 bits per heavy atom. The van der Waals surface area contributed by atoms with Crippen molar-refractivity contribution in [2.45, 2.75) is 36.1 Å². The van der Waals surface area contributed by atoms with Crippen LogP contribution in [-0.2, 0) is 9.59 Å².